The van der Waals surface area contributed by atoms with Crippen molar-refractivity contribution in [3.63, 3.8) is 0 Å². The van der Waals surface area contributed by atoms with Crippen molar-refractivity contribution in [2.45, 2.75) is 78.2 Å². The Morgan fingerprint density at radius 3 is 2.16 bits per heavy atom. The lowest BCUT2D eigenvalue weighted by molar-refractivity contribution is 0.0832. The van der Waals surface area contributed by atoms with E-state index >= 15 is 0 Å². The summed E-state index contributed by atoms with van der Waals surface area (Å²) in [5, 5.41) is 0. The zero-order chi connectivity index (χ0) is 14.3. The number of rotatable bonds is 8. The van der Waals surface area contributed by atoms with E-state index < -0.39 is 0 Å². The van der Waals surface area contributed by atoms with Gasteiger partial charge in [-0.3, -0.25) is 0 Å². The highest BCUT2D eigenvalue weighted by Gasteiger charge is 2.32. The van der Waals surface area contributed by atoms with Crippen LogP contribution < -0.4 is 0 Å². The van der Waals surface area contributed by atoms with Crippen molar-refractivity contribution < 1.29 is 0 Å². The molecule has 0 N–H and O–H groups in total. The van der Waals surface area contributed by atoms with E-state index in [0.29, 0.717) is 5.41 Å². The Labute approximate surface area is 126 Å². The second-order valence-electron chi connectivity index (χ2n) is 6.90. The molecular formula is C17H35NS. The summed E-state index contributed by atoms with van der Waals surface area (Å²) in [6.45, 7) is 8.32. The van der Waals surface area contributed by atoms with Crippen LogP contribution in [0.4, 0.5) is 0 Å². The van der Waals surface area contributed by atoms with Crippen LogP contribution >= 0.6 is 12.6 Å². The fourth-order valence-corrected chi connectivity index (χ4v) is 4.57. The molecule has 2 unspecified atom stereocenters. The fourth-order valence-electron chi connectivity index (χ4n) is 4.15. The molecular weight excluding hydrogens is 250 g/mol. The summed E-state index contributed by atoms with van der Waals surface area (Å²) < 4.78 is 0. The van der Waals surface area contributed by atoms with Gasteiger partial charge in [-0.1, -0.05) is 46.5 Å². The molecule has 2 heteroatoms. The molecule has 0 radical (unpaired) electrons. The molecule has 1 aliphatic rings. The van der Waals surface area contributed by atoms with E-state index in [2.05, 4.69) is 32.7 Å². The lowest BCUT2D eigenvalue weighted by Crippen LogP contribution is -2.45. The van der Waals surface area contributed by atoms with Crippen molar-refractivity contribution in [1.82, 2.24) is 4.90 Å². The van der Waals surface area contributed by atoms with E-state index in [4.69, 9.17) is 12.6 Å². The molecule has 0 aromatic rings. The van der Waals surface area contributed by atoms with Gasteiger partial charge in [-0.25, -0.2) is 0 Å². The summed E-state index contributed by atoms with van der Waals surface area (Å²) in [5.74, 6) is 1.92. The van der Waals surface area contributed by atoms with Crippen molar-refractivity contribution in [2.75, 3.05) is 19.3 Å². The first-order chi connectivity index (χ1) is 9.08. The molecule has 19 heavy (non-hydrogen) atoms. The third-order valence-corrected chi connectivity index (χ3v) is 5.78. The topological polar surface area (TPSA) is 3.24 Å². The maximum atomic E-state index is 4.70. The van der Waals surface area contributed by atoms with E-state index in [1.54, 1.807) is 0 Å². The SMILES string of the molecule is CCCC(CS)(CCC)CN(C)C1CCCCC1C. The zero-order valence-corrected chi connectivity index (χ0v) is 14.5. The summed E-state index contributed by atoms with van der Waals surface area (Å²) in [7, 11) is 2.36. The van der Waals surface area contributed by atoms with Gasteiger partial charge in [0.05, 0.1) is 0 Å². The first kappa shape index (κ1) is 17.4. The summed E-state index contributed by atoms with van der Waals surface area (Å²) in [4.78, 5) is 2.67. The van der Waals surface area contributed by atoms with Gasteiger partial charge in [0.1, 0.15) is 0 Å². The molecule has 1 saturated carbocycles. The van der Waals surface area contributed by atoms with E-state index in [0.717, 1.165) is 17.7 Å². The molecule has 1 rings (SSSR count). The number of nitrogens with zero attached hydrogens (tertiary/aromatic N) is 1. The predicted molar refractivity (Wildman–Crippen MR) is 90.2 cm³/mol. The molecule has 1 aliphatic carbocycles. The van der Waals surface area contributed by atoms with Crippen LogP contribution in [-0.4, -0.2) is 30.3 Å². The Morgan fingerprint density at radius 1 is 1.11 bits per heavy atom. The van der Waals surface area contributed by atoms with Gasteiger partial charge in [0.15, 0.2) is 0 Å². The van der Waals surface area contributed by atoms with Gasteiger partial charge in [0.2, 0.25) is 0 Å². The third kappa shape index (κ3) is 4.97. The van der Waals surface area contributed by atoms with Gasteiger partial charge < -0.3 is 4.90 Å². The fraction of sp³-hybridized carbons (Fsp3) is 1.00. The highest BCUT2D eigenvalue weighted by molar-refractivity contribution is 7.80. The summed E-state index contributed by atoms with van der Waals surface area (Å²) >= 11 is 4.70. The first-order valence-electron chi connectivity index (χ1n) is 8.39. The number of hydrogen-bond donors (Lipinski definition) is 1. The minimum atomic E-state index is 0.443. The molecule has 2 atom stereocenters. The Balaban J connectivity index is 2.65. The maximum absolute atomic E-state index is 4.70. The van der Waals surface area contributed by atoms with Gasteiger partial charge >= 0.3 is 0 Å². The van der Waals surface area contributed by atoms with Gasteiger partial charge in [-0.15, -0.1) is 0 Å². The molecule has 0 amide bonds. The monoisotopic (exact) mass is 285 g/mol. The smallest absolute Gasteiger partial charge is 0.0118 e. The maximum Gasteiger partial charge on any atom is 0.0118 e. The largest absolute Gasteiger partial charge is 0.303 e. The minimum absolute atomic E-state index is 0.443. The Kier molecular flexibility index (Phi) is 7.83. The van der Waals surface area contributed by atoms with Crippen LogP contribution in [0.2, 0.25) is 0 Å². The van der Waals surface area contributed by atoms with Crippen molar-refractivity contribution in [3.8, 4) is 0 Å². The predicted octanol–water partition coefficient (Wildman–Crippen LogP) is 5.01. The molecule has 0 bridgehead atoms. The van der Waals surface area contributed by atoms with Crippen LogP contribution in [0.3, 0.4) is 0 Å². The molecule has 0 aliphatic heterocycles. The van der Waals surface area contributed by atoms with Crippen molar-refractivity contribution >= 4 is 12.6 Å². The van der Waals surface area contributed by atoms with Gasteiger partial charge in [0.25, 0.3) is 0 Å². The number of thiol groups is 1. The molecule has 0 heterocycles. The van der Waals surface area contributed by atoms with Crippen molar-refractivity contribution in [1.29, 1.82) is 0 Å². The minimum Gasteiger partial charge on any atom is -0.303 e. The summed E-state index contributed by atoms with van der Waals surface area (Å²) in [5.41, 5.74) is 0.443. The Hall–Kier alpha value is 0.310. The Morgan fingerprint density at radius 2 is 1.68 bits per heavy atom. The van der Waals surface area contributed by atoms with E-state index in [1.807, 2.05) is 0 Å². The van der Waals surface area contributed by atoms with Crippen LogP contribution in [0.1, 0.15) is 72.1 Å². The summed E-state index contributed by atoms with van der Waals surface area (Å²) in [6.07, 6.45) is 10.9. The molecule has 0 saturated heterocycles. The summed E-state index contributed by atoms with van der Waals surface area (Å²) in [6, 6.07) is 0.807. The highest BCUT2D eigenvalue weighted by atomic mass is 32.1. The molecule has 1 fully saturated rings. The van der Waals surface area contributed by atoms with E-state index in [9.17, 15) is 0 Å². The van der Waals surface area contributed by atoms with Gasteiger partial charge in [-0.2, -0.15) is 12.6 Å². The third-order valence-electron chi connectivity index (χ3n) is 5.11. The van der Waals surface area contributed by atoms with Gasteiger partial charge in [0, 0.05) is 12.6 Å². The van der Waals surface area contributed by atoms with E-state index in [1.165, 1.54) is 57.9 Å². The second-order valence-corrected chi connectivity index (χ2v) is 7.22. The van der Waals surface area contributed by atoms with Gasteiger partial charge in [-0.05, 0) is 49.8 Å². The second kappa shape index (κ2) is 8.56. The zero-order valence-electron chi connectivity index (χ0n) is 13.6. The van der Waals surface area contributed by atoms with E-state index in [-0.39, 0.29) is 0 Å². The van der Waals surface area contributed by atoms with Crippen LogP contribution in [0.25, 0.3) is 0 Å². The molecule has 114 valence electrons. The van der Waals surface area contributed by atoms with Crippen molar-refractivity contribution in [3.05, 3.63) is 0 Å². The van der Waals surface area contributed by atoms with Crippen LogP contribution in [0.5, 0.6) is 0 Å². The standard InChI is InChI=1S/C17H35NS/c1-5-11-17(14-19,12-6-2)13-18(4)16-10-8-7-9-15(16)3/h15-16,19H,5-14H2,1-4H3. The molecule has 0 aromatic carbocycles. The van der Waals surface area contributed by atoms with Crippen LogP contribution in [0.15, 0.2) is 0 Å². The molecule has 0 spiro atoms. The number of hydrogen-bond acceptors (Lipinski definition) is 2. The lowest BCUT2D eigenvalue weighted by Gasteiger charge is -2.42. The Bertz CT molecular complexity index is 235. The normalized spacial score (nSPS) is 24.9. The average Bonchev–Trinajstić information content (AvgIpc) is 2.39. The molecule has 1 nitrogen and oxygen atoms in total. The lowest BCUT2D eigenvalue weighted by atomic mass is 9.78. The quantitative estimate of drug-likeness (QED) is 0.613. The highest BCUT2D eigenvalue weighted by Crippen LogP contribution is 2.35. The first-order valence-corrected chi connectivity index (χ1v) is 9.03. The van der Waals surface area contributed by atoms with Crippen molar-refractivity contribution in [2.24, 2.45) is 11.3 Å². The van der Waals surface area contributed by atoms with Crippen LogP contribution in [0, 0.1) is 11.3 Å². The average molecular weight is 286 g/mol. The molecule has 0 aromatic heterocycles. The van der Waals surface area contributed by atoms with Crippen LogP contribution in [-0.2, 0) is 0 Å².